The summed E-state index contributed by atoms with van der Waals surface area (Å²) in [6, 6.07) is 3.83. The zero-order chi connectivity index (χ0) is 11.1. The van der Waals surface area contributed by atoms with Crippen LogP contribution in [0.2, 0.25) is 0 Å². The number of rotatable bonds is 5. The van der Waals surface area contributed by atoms with Gasteiger partial charge >= 0.3 is 0 Å². The maximum absolute atomic E-state index is 8.75. The summed E-state index contributed by atoms with van der Waals surface area (Å²) in [5.74, 6) is 0.535. The van der Waals surface area contributed by atoms with Gasteiger partial charge in [-0.2, -0.15) is 5.26 Å². The lowest BCUT2D eigenvalue weighted by Crippen LogP contribution is -2.14. The molecule has 1 heterocycles. The Morgan fingerprint density at radius 2 is 2.40 bits per heavy atom. The molecule has 1 N–H and O–H groups in total. The first-order valence-electron chi connectivity index (χ1n) is 4.95. The van der Waals surface area contributed by atoms with Crippen molar-refractivity contribution in [1.29, 1.82) is 5.26 Å². The first-order chi connectivity index (χ1) is 7.31. The highest BCUT2D eigenvalue weighted by Crippen LogP contribution is 2.16. The van der Waals surface area contributed by atoms with Gasteiger partial charge in [0.25, 0.3) is 0 Å². The number of hydrogen-bond donors (Lipinski definition) is 1. The first-order valence-corrected chi connectivity index (χ1v) is 4.95. The lowest BCUT2D eigenvalue weighted by Gasteiger charge is -2.06. The van der Waals surface area contributed by atoms with Crippen molar-refractivity contribution in [3.05, 3.63) is 23.5 Å². The Morgan fingerprint density at radius 3 is 3.00 bits per heavy atom. The van der Waals surface area contributed by atoms with E-state index in [-0.39, 0.29) is 0 Å². The highest BCUT2D eigenvalue weighted by molar-refractivity contribution is 5.39. The van der Waals surface area contributed by atoms with Crippen LogP contribution in [0.15, 0.2) is 12.3 Å². The molecule has 0 unspecified atom stereocenters. The summed E-state index contributed by atoms with van der Waals surface area (Å²) in [5, 5.41) is 12.0. The largest absolute Gasteiger partial charge is 0.494 e. The van der Waals surface area contributed by atoms with Gasteiger partial charge in [0.15, 0.2) is 11.4 Å². The highest BCUT2D eigenvalue weighted by atomic mass is 16.5. The van der Waals surface area contributed by atoms with E-state index in [0.29, 0.717) is 11.4 Å². The SMILES string of the molecule is CCCNCc1cnc(C#N)c(OC)c1. The van der Waals surface area contributed by atoms with E-state index in [2.05, 4.69) is 17.2 Å². The molecule has 0 spiro atoms. The predicted molar refractivity (Wildman–Crippen MR) is 57.5 cm³/mol. The lowest BCUT2D eigenvalue weighted by atomic mass is 10.2. The van der Waals surface area contributed by atoms with E-state index in [1.54, 1.807) is 13.3 Å². The van der Waals surface area contributed by atoms with Gasteiger partial charge in [0.1, 0.15) is 6.07 Å². The van der Waals surface area contributed by atoms with Crippen LogP contribution in [0, 0.1) is 11.3 Å². The van der Waals surface area contributed by atoms with Gasteiger partial charge in [-0.15, -0.1) is 0 Å². The summed E-state index contributed by atoms with van der Waals surface area (Å²) in [4.78, 5) is 4.02. The number of pyridine rings is 1. The van der Waals surface area contributed by atoms with Crippen LogP contribution in [0.3, 0.4) is 0 Å². The summed E-state index contributed by atoms with van der Waals surface area (Å²) < 4.78 is 5.07. The number of aromatic nitrogens is 1. The molecule has 0 saturated heterocycles. The molecule has 0 radical (unpaired) electrons. The van der Waals surface area contributed by atoms with Crippen LogP contribution < -0.4 is 10.1 Å². The van der Waals surface area contributed by atoms with Crippen LogP contribution in [0.25, 0.3) is 0 Å². The summed E-state index contributed by atoms with van der Waals surface area (Å²) in [5.41, 5.74) is 1.36. The van der Waals surface area contributed by atoms with Crippen molar-refractivity contribution in [2.45, 2.75) is 19.9 Å². The average Bonchev–Trinajstić information content (AvgIpc) is 2.29. The number of methoxy groups -OCH3 is 1. The second kappa shape index (κ2) is 5.99. The van der Waals surface area contributed by atoms with E-state index in [1.807, 2.05) is 12.1 Å². The van der Waals surface area contributed by atoms with Gasteiger partial charge in [-0.25, -0.2) is 4.98 Å². The molecule has 1 rings (SSSR count). The smallest absolute Gasteiger partial charge is 0.182 e. The number of nitriles is 1. The molecule has 4 nitrogen and oxygen atoms in total. The number of hydrogen-bond acceptors (Lipinski definition) is 4. The third kappa shape index (κ3) is 3.22. The zero-order valence-corrected chi connectivity index (χ0v) is 9.08. The normalized spacial score (nSPS) is 9.67. The van der Waals surface area contributed by atoms with Gasteiger partial charge in [-0.1, -0.05) is 6.92 Å². The van der Waals surface area contributed by atoms with Gasteiger partial charge < -0.3 is 10.1 Å². The Bertz CT molecular complexity index is 357. The molecule has 0 atom stereocenters. The number of nitrogens with zero attached hydrogens (tertiary/aromatic N) is 2. The van der Waals surface area contributed by atoms with E-state index in [9.17, 15) is 0 Å². The Labute approximate surface area is 89.9 Å². The van der Waals surface area contributed by atoms with Crippen molar-refractivity contribution in [3.8, 4) is 11.8 Å². The van der Waals surface area contributed by atoms with E-state index in [0.717, 1.165) is 25.1 Å². The Balaban J connectivity index is 2.71. The maximum atomic E-state index is 8.75. The minimum atomic E-state index is 0.330. The standard InChI is InChI=1S/C11H15N3O/c1-3-4-13-7-9-5-11(15-2)10(6-12)14-8-9/h5,8,13H,3-4,7H2,1-2H3. The molecule has 0 aliphatic heterocycles. The van der Waals surface area contributed by atoms with Gasteiger partial charge in [-0.3, -0.25) is 0 Å². The zero-order valence-electron chi connectivity index (χ0n) is 9.08. The van der Waals surface area contributed by atoms with Crippen LogP contribution in [0.4, 0.5) is 0 Å². The third-order valence-electron chi connectivity index (χ3n) is 1.99. The van der Waals surface area contributed by atoms with Gasteiger partial charge in [0, 0.05) is 12.7 Å². The first kappa shape index (κ1) is 11.5. The van der Waals surface area contributed by atoms with Crippen LogP contribution in [0.1, 0.15) is 24.6 Å². The molecule has 0 aromatic carbocycles. The molecule has 1 aromatic heterocycles. The van der Waals surface area contributed by atoms with Crippen molar-refractivity contribution < 1.29 is 4.74 Å². The fourth-order valence-corrected chi connectivity index (χ4v) is 1.23. The van der Waals surface area contributed by atoms with E-state index >= 15 is 0 Å². The summed E-state index contributed by atoms with van der Waals surface area (Å²) in [7, 11) is 1.54. The monoisotopic (exact) mass is 205 g/mol. The molecule has 4 heteroatoms. The second-order valence-electron chi connectivity index (χ2n) is 3.18. The van der Waals surface area contributed by atoms with Crippen LogP contribution in [0.5, 0.6) is 5.75 Å². The fraction of sp³-hybridized carbons (Fsp3) is 0.455. The number of nitrogens with one attached hydrogen (secondary N) is 1. The molecule has 0 saturated carbocycles. The molecule has 0 aliphatic carbocycles. The van der Waals surface area contributed by atoms with Crippen molar-refractivity contribution in [3.63, 3.8) is 0 Å². The van der Waals surface area contributed by atoms with Crippen LogP contribution in [-0.4, -0.2) is 18.6 Å². The van der Waals surface area contributed by atoms with E-state index < -0.39 is 0 Å². The van der Waals surface area contributed by atoms with Crippen molar-refractivity contribution in [1.82, 2.24) is 10.3 Å². The van der Waals surface area contributed by atoms with Crippen LogP contribution in [-0.2, 0) is 6.54 Å². The van der Waals surface area contributed by atoms with Crippen molar-refractivity contribution in [2.75, 3.05) is 13.7 Å². The highest BCUT2D eigenvalue weighted by Gasteiger charge is 2.04. The molecule has 80 valence electrons. The van der Waals surface area contributed by atoms with Crippen LogP contribution >= 0.6 is 0 Å². The Kier molecular flexibility index (Phi) is 4.58. The van der Waals surface area contributed by atoms with Gasteiger partial charge in [0.2, 0.25) is 0 Å². The maximum Gasteiger partial charge on any atom is 0.182 e. The summed E-state index contributed by atoms with van der Waals surface area (Å²) >= 11 is 0. The summed E-state index contributed by atoms with van der Waals surface area (Å²) in [6.07, 6.45) is 2.80. The minimum Gasteiger partial charge on any atom is -0.494 e. The second-order valence-corrected chi connectivity index (χ2v) is 3.18. The van der Waals surface area contributed by atoms with Crippen molar-refractivity contribution in [2.24, 2.45) is 0 Å². The molecule has 0 amide bonds. The quantitative estimate of drug-likeness (QED) is 0.739. The molecule has 0 fully saturated rings. The van der Waals surface area contributed by atoms with Gasteiger partial charge in [0.05, 0.1) is 7.11 Å². The third-order valence-corrected chi connectivity index (χ3v) is 1.99. The molecule has 1 aromatic rings. The molecule has 0 bridgehead atoms. The Morgan fingerprint density at radius 1 is 1.60 bits per heavy atom. The van der Waals surface area contributed by atoms with Crippen molar-refractivity contribution >= 4 is 0 Å². The molecule has 0 aliphatic rings. The molecule has 15 heavy (non-hydrogen) atoms. The Hall–Kier alpha value is -1.60. The topological polar surface area (TPSA) is 57.9 Å². The average molecular weight is 205 g/mol. The van der Waals surface area contributed by atoms with Gasteiger partial charge in [-0.05, 0) is 24.6 Å². The minimum absolute atomic E-state index is 0.330. The molecular weight excluding hydrogens is 190 g/mol. The van der Waals surface area contributed by atoms with E-state index in [1.165, 1.54) is 0 Å². The van der Waals surface area contributed by atoms with E-state index in [4.69, 9.17) is 10.00 Å². The molecular formula is C11H15N3O. The predicted octanol–water partition coefficient (Wildman–Crippen LogP) is 1.46. The number of ether oxygens (including phenoxy) is 1. The lowest BCUT2D eigenvalue weighted by molar-refractivity contribution is 0.410. The summed E-state index contributed by atoms with van der Waals surface area (Å²) in [6.45, 7) is 3.84. The fourth-order valence-electron chi connectivity index (χ4n) is 1.23.